The second-order valence-electron chi connectivity index (χ2n) is 7.19. The van der Waals surface area contributed by atoms with E-state index in [0.717, 1.165) is 0 Å². The number of aromatic nitrogens is 2. The summed E-state index contributed by atoms with van der Waals surface area (Å²) in [6.07, 6.45) is 2.88. The second kappa shape index (κ2) is 8.27. The molecule has 4 rings (SSSR count). The van der Waals surface area contributed by atoms with E-state index in [1.54, 1.807) is 23.0 Å². The maximum absolute atomic E-state index is 12.6. The molecule has 2 aromatic carbocycles. The first-order valence-electron chi connectivity index (χ1n) is 9.59. The zero-order chi connectivity index (χ0) is 21.1. The fourth-order valence-electron chi connectivity index (χ4n) is 3.06. The molecule has 1 aliphatic rings. The summed E-state index contributed by atoms with van der Waals surface area (Å²) < 4.78 is 46.6. The number of rotatable bonds is 7. The third-order valence-corrected chi connectivity index (χ3v) is 5.75. The van der Waals surface area contributed by atoms with Crippen LogP contribution in [0, 0.1) is 0 Å². The van der Waals surface area contributed by atoms with Gasteiger partial charge in [0.05, 0.1) is 29.4 Å². The number of hydrogen-bond acceptors (Lipinski definition) is 6. The highest BCUT2D eigenvalue weighted by Crippen LogP contribution is 2.31. The molecule has 3 aromatic rings. The molecule has 30 heavy (non-hydrogen) atoms. The quantitative estimate of drug-likeness (QED) is 0.620. The summed E-state index contributed by atoms with van der Waals surface area (Å²) in [5, 5.41) is 4.23. The first kappa shape index (κ1) is 20.1. The Kier molecular flexibility index (Phi) is 5.54. The van der Waals surface area contributed by atoms with Crippen molar-refractivity contribution in [3.8, 4) is 17.2 Å². The van der Waals surface area contributed by atoms with E-state index in [1.807, 2.05) is 38.1 Å². The summed E-state index contributed by atoms with van der Waals surface area (Å²) in [7, 11) is -3.73. The van der Waals surface area contributed by atoms with Gasteiger partial charge in [0.2, 0.25) is 0 Å². The number of benzene rings is 2. The van der Waals surface area contributed by atoms with E-state index < -0.39 is 10.0 Å². The summed E-state index contributed by atoms with van der Waals surface area (Å²) in [5.41, 5.74) is 0.370. The Morgan fingerprint density at radius 3 is 2.63 bits per heavy atom. The Morgan fingerprint density at radius 1 is 1.17 bits per heavy atom. The molecule has 0 spiro atoms. The van der Waals surface area contributed by atoms with Gasteiger partial charge in [0.25, 0.3) is 10.0 Å². The van der Waals surface area contributed by atoms with E-state index in [4.69, 9.17) is 14.2 Å². The minimum Gasteiger partial charge on any atom is -0.491 e. The zero-order valence-electron chi connectivity index (χ0n) is 16.7. The van der Waals surface area contributed by atoms with Crippen molar-refractivity contribution in [2.24, 2.45) is 0 Å². The van der Waals surface area contributed by atoms with Gasteiger partial charge in [-0.25, -0.2) is 8.42 Å². The van der Waals surface area contributed by atoms with Crippen molar-refractivity contribution >= 4 is 15.7 Å². The van der Waals surface area contributed by atoms with Gasteiger partial charge in [-0.3, -0.25) is 9.40 Å². The normalized spacial score (nSPS) is 15.8. The number of nitrogens with zero attached hydrogens (tertiary/aromatic N) is 2. The van der Waals surface area contributed by atoms with Crippen LogP contribution >= 0.6 is 0 Å². The SMILES string of the molecule is CC(C)Oc1ccc(S(=O)(=O)Nc2cnn(CC3COc4ccccc4O3)c2)cc1. The van der Waals surface area contributed by atoms with Crippen LogP contribution in [0.15, 0.2) is 65.8 Å². The molecule has 0 aliphatic carbocycles. The van der Waals surface area contributed by atoms with Crippen LogP contribution in [0.1, 0.15) is 13.8 Å². The van der Waals surface area contributed by atoms with Gasteiger partial charge in [0.15, 0.2) is 17.6 Å². The first-order chi connectivity index (χ1) is 14.4. The molecular weight excluding hydrogens is 406 g/mol. The zero-order valence-corrected chi connectivity index (χ0v) is 17.5. The lowest BCUT2D eigenvalue weighted by molar-refractivity contribution is 0.0759. The van der Waals surface area contributed by atoms with Gasteiger partial charge in [0.1, 0.15) is 12.4 Å². The summed E-state index contributed by atoms with van der Waals surface area (Å²) in [6, 6.07) is 13.8. The molecule has 1 aliphatic heterocycles. The van der Waals surface area contributed by atoms with Crippen molar-refractivity contribution in [1.29, 1.82) is 0 Å². The Balaban J connectivity index is 1.39. The Bertz CT molecular complexity index is 1110. The average molecular weight is 429 g/mol. The number of hydrogen-bond donors (Lipinski definition) is 1. The van der Waals surface area contributed by atoms with Gasteiger partial charge >= 0.3 is 0 Å². The molecule has 0 saturated carbocycles. The minimum atomic E-state index is -3.73. The molecular formula is C21H23N3O5S. The fourth-order valence-corrected chi connectivity index (χ4v) is 4.09. The van der Waals surface area contributed by atoms with Crippen LogP contribution in [-0.4, -0.2) is 37.0 Å². The molecule has 0 radical (unpaired) electrons. The molecule has 1 unspecified atom stereocenters. The van der Waals surface area contributed by atoms with Crippen molar-refractivity contribution in [3.63, 3.8) is 0 Å². The predicted molar refractivity (Wildman–Crippen MR) is 112 cm³/mol. The lowest BCUT2D eigenvalue weighted by Crippen LogP contribution is -2.33. The molecule has 1 atom stereocenters. The number of nitrogens with one attached hydrogen (secondary N) is 1. The van der Waals surface area contributed by atoms with E-state index in [1.165, 1.54) is 18.3 Å². The van der Waals surface area contributed by atoms with Crippen molar-refractivity contribution in [2.45, 2.75) is 37.5 Å². The lowest BCUT2D eigenvalue weighted by atomic mass is 10.2. The molecule has 0 amide bonds. The first-order valence-corrected chi connectivity index (χ1v) is 11.1. The molecule has 0 saturated heterocycles. The second-order valence-corrected chi connectivity index (χ2v) is 8.87. The summed E-state index contributed by atoms with van der Waals surface area (Å²) >= 11 is 0. The van der Waals surface area contributed by atoms with Crippen LogP contribution in [0.3, 0.4) is 0 Å². The molecule has 1 N–H and O–H groups in total. The van der Waals surface area contributed by atoms with E-state index in [2.05, 4.69) is 9.82 Å². The molecule has 9 heteroatoms. The van der Waals surface area contributed by atoms with Crippen molar-refractivity contribution < 1.29 is 22.6 Å². The van der Waals surface area contributed by atoms with Crippen LogP contribution in [0.5, 0.6) is 17.2 Å². The topological polar surface area (TPSA) is 91.7 Å². The number of sulfonamides is 1. The van der Waals surface area contributed by atoms with Crippen molar-refractivity contribution in [1.82, 2.24) is 9.78 Å². The summed E-state index contributed by atoms with van der Waals surface area (Å²) in [4.78, 5) is 0.145. The Hall–Kier alpha value is -3.20. The number of ether oxygens (including phenoxy) is 3. The van der Waals surface area contributed by atoms with Crippen LogP contribution < -0.4 is 18.9 Å². The van der Waals surface area contributed by atoms with Gasteiger partial charge in [0, 0.05) is 6.20 Å². The number of anilines is 1. The average Bonchev–Trinajstić information content (AvgIpc) is 3.14. The summed E-state index contributed by atoms with van der Waals surface area (Å²) in [6.45, 7) is 4.64. The van der Waals surface area contributed by atoms with E-state index >= 15 is 0 Å². The van der Waals surface area contributed by atoms with Gasteiger partial charge in [-0.2, -0.15) is 5.10 Å². The van der Waals surface area contributed by atoms with Gasteiger partial charge in [-0.15, -0.1) is 0 Å². The molecule has 0 bridgehead atoms. The third-order valence-electron chi connectivity index (χ3n) is 4.35. The molecule has 0 fully saturated rings. The highest BCUT2D eigenvalue weighted by atomic mass is 32.2. The van der Waals surface area contributed by atoms with E-state index in [0.29, 0.717) is 36.1 Å². The van der Waals surface area contributed by atoms with Gasteiger partial charge < -0.3 is 14.2 Å². The Morgan fingerprint density at radius 2 is 1.90 bits per heavy atom. The highest BCUT2D eigenvalue weighted by molar-refractivity contribution is 7.92. The van der Waals surface area contributed by atoms with E-state index in [9.17, 15) is 8.42 Å². The van der Waals surface area contributed by atoms with Crippen LogP contribution in [0.25, 0.3) is 0 Å². The van der Waals surface area contributed by atoms with Crippen LogP contribution in [0.4, 0.5) is 5.69 Å². The Labute approximate surface area is 175 Å². The molecule has 1 aromatic heterocycles. The van der Waals surface area contributed by atoms with Crippen molar-refractivity contribution in [3.05, 3.63) is 60.9 Å². The van der Waals surface area contributed by atoms with Crippen molar-refractivity contribution in [2.75, 3.05) is 11.3 Å². The van der Waals surface area contributed by atoms with Crippen LogP contribution in [-0.2, 0) is 16.6 Å². The molecule has 2 heterocycles. The van der Waals surface area contributed by atoms with Gasteiger partial charge in [-0.05, 0) is 50.2 Å². The maximum atomic E-state index is 12.6. The number of fused-ring (bicyclic) bond motifs is 1. The molecule has 8 nitrogen and oxygen atoms in total. The monoisotopic (exact) mass is 429 g/mol. The lowest BCUT2D eigenvalue weighted by Gasteiger charge is -2.26. The maximum Gasteiger partial charge on any atom is 0.261 e. The largest absolute Gasteiger partial charge is 0.491 e. The fraction of sp³-hybridized carbons (Fsp3) is 0.286. The van der Waals surface area contributed by atoms with Gasteiger partial charge in [-0.1, -0.05) is 12.1 Å². The molecule has 158 valence electrons. The number of para-hydroxylation sites is 2. The predicted octanol–water partition coefficient (Wildman–Crippen LogP) is 3.31. The van der Waals surface area contributed by atoms with E-state index in [-0.39, 0.29) is 17.1 Å². The standard InChI is InChI=1S/C21H23N3O5S/c1-15(2)28-17-7-9-19(10-8-17)30(25,26)23-16-11-22-24(12-16)13-18-14-27-20-5-3-4-6-21(20)29-18/h3-12,15,18,23H,13-14H2,1-2H3. The highest BCUT2D eigenvalue weighted by Gasteiger charge is 2.22. The third kappa shape index (κ3) is 4.68. The minimum absolute atomic E-state index is 0.0171. The smallest absolute Gasteiger partial charge is 0.261 e. The van der Waals surface area contributed by atoms with Crippen LogP contribution in [0.2, 0.25) is 0 Å². The summed E-state index contributed by atoms with van der Waals surface area (Å²) in [5.74, 6) is 2.02.